The van der Waals surface area contributed by atoms with Crippen LogP contribution in [-0.4, -0.2) is 26.9 Å². The van der Waals surface area contributed by atoms with Gasteiger partial charge in [0.05, 0.1) is 4.91 Å². The number of benzene rings is 2. The molecule has 1 saturated carbocycles. The lowest BCUT2D eigenvalue weighted by Gasteiger charge is -2.39. The second-order valence-corrected chi connectivity index (χ2v) is 11.7. The van der Waals surface area contributed by atoms with Crippen LogP contribution in [-0.2, 0) is 4.79 Å². The number of rotatable bonds is 5. The molecule has 188 valence electrons. The fourth-order valence-corrected chi connectivity index (χ4v) is 6.94. The van der Waals surface area contributed by atoms with E-state index < -0.39 is 0 Å². The third kappa shape index (κ3) is 4.83. The zero-order chi connectivity index (χ0) is 25.4. The third-order valence-corrected chi connectivity index (χ3v) is 9.12. The van der Waals surface area contributed by atoms with Crippen LogP contribution in [0.5, 0.6) is 0 Å². The maximum atomic E-state index is 13.9. The summed E-state index contributed by atoms with van der Waals surface area (Å²) in [5.41, 5.74) is 6.31. The van der Waals surface area contributed by atoms with Gasteiger partial charge in [0, 0.05) is 33.8 Å². The standard InChI is InChI=1S/C30H34ClN3OS/c1-19-14-15-25(18-26(19)31)33-21(3)16-23(22(33)4)17-28-29(35)34(27-13-9-8-10-20(27)2)30(36-28)32-24-11-6-5-7-12-24/h5-7,11-12,14-18,20,27,30,32H,8-10,13H2,1-4H3/b28-17-/t20-,27-,30?/m1/s1. The Morgan fingerprint density at radius 2 is 1.78 bits per heavy atom. The first-order valence-corrected chi connectivity index (χ1v) is 14.1. The van der Waals surface area contributed by atoms with Crippen LogP contribution in [0.15, 0.2) is 59.5 Å². The predicted octanol–water partition coefficient (Wildman–Crippen LogP) is 7.95. The Morgan fingerprint density at radius 3 is 2.50 bits per heavy atom. The van der Waals surface area contributed by atoms with Crippen molar-refractivity contribution in [3.05, 3.63) is 87.0 Å². The Balaban J connectivity index is 1.49. The minimum atomic E-state index is -0.115. The predicted molar refractivity (Wildman–Crippen MR) is 153 cm³/mol. The van der Waals surface area contributed by atoms with E-state index >= 15 is 0 Å². The van der Waals surface area contributed by atoms with Crippen molar-refractivity contribution >= 4 is 41.0 Å². The van der Waals surface area contributed by atoms with Crippen LogP contribution in [0.25, 0.3) is 11.8 Å². The van der Waals surface area contributed by atoms with Crippen molar-refractivity contribution in [1.82, 2.24) is 9.47 Å². The molecule has 2 aliphatic rings. The minimum absolute atomic E-state index is 0.115. The second-order valence-electron chi connectivity index (χ2n) is 10.1. The van der Waals surface area contributed by atoms with E-state index in [2.05, 4.69) is 65.9 Å². The number of carbonyl (C=O) groups is 1. The Hall–Kier alpha value is -2.63. The number of aryl methyl sites for hydroxylation is 2. The summed E-state index contributed by atoms with van der Waals surface area (Å²) in [5, 5.41) is 4.39. The molecule has 0 radical (unpaired) electrons. The van der Waals surface area contributed by atoms with Gasteiger partial charge in [-0.1, -0.05) is 67.4 Å². The Kier molecular flexibility index (Phi) is 7.23. The molecule has 0 bridgehead atoms. The van der Waals surface area contributed by atoms with E-state index in [9.17, 15) is 4.79 Å². The number of nitrogens with zero attached hydrogens (tertiary/aromatic N) is 2. The molecule has 1 aliphatic heterocycles. The van der Waals surface area contributed by atoms with Gasteiger partial charge in [-0.25, -0.2) is 0 Å². The number of carbonyl (C=O) groups excluding carboxylic acids is 1. The molecule has 36 heavy (non-hydrogen) atoms. The normalized spacial score (nSPS) is 23.5. The average Bonchev–Trinajstić information content (AvgIpc) is 3.31. The molecule has 1 amide bonds. The van der Waals surface area contributed by atoms with Crippen molar-refractivity contribution in [3.63, 3.8) is 0 Å². The van der Waals surface area contributed by atoms with Gasteiger partial charge in [0.2, 0.25) is 0 Å². The highest BCUT2D eigenvalue weighted by atomic mass is 35.5. The van der Waals surface area contributed by atoms with Crippen molar-refractivity contribution in [1.29, 1.82) is 0 Å². The fourth-order valence-electron chi connectivity index (χ4n) is 5.56. The minimum Gasteiger partial charge on any atom is -0.356 e. The molecule has 3 atom stereocenters. The SMILES string of the molecule is Cc1ccc(-n2c(C)cc(/C=C3\SC(Nc4ccccc4)N([C@@H]4CCCC[C@H]4C)C3=O)c2C)cc1Cl. The van der Waals surface area contributed by atoms with Crippen molar-refractivity contribution in [3.8, 4) is 5.69 Å². The first-order chi connectivity index (χ1) is 17.3. The number of para-hydroxylation sites is 1. The van der Waals surface area contributed by atoms with Crippen LogP contribution >= 0.6 is 23.4 Å². The summed E-state index contributed by atoms with van der Waals surface area (Å²) in [6.45, 7) is 8.52. The largest absolute Gasteiger partial charge is 0.356 e. The van der Waals surface area contributed by atoms with Crippen molar-refractivity contribution in [2.24, 2.45) is 5.92 Å². The zero-order valence-corrected chi connectivity index (χ0v) is 23.0. The maximum Gasteiger partial charge on any atom is 0.262 e. The van der Waals surface area contributed by atoms with Crippen molar-refractivity contribution < 1.29 is 4.79 Å². The van der Waals surface area contributed by atoms with Crippen LogP contribution in [0.2, 0.25) is 5.02 Å². The molecule has 0 spiro atoms. The van der Waals surface area contributed by atoms with Gasteiger partial charge in [-0.2, -0.15) is 0 Å². The van der Waals surface area contributed by atoms with Crippen LogP contribution in [0.4, 0.5) is 5.69 Å². The van der Waals surface area contributed by atoms with E-state index in [-0.39, 0.29) is 17.4 Å². The Bertz CT molecular complexity index is 1300. The number of amides is 1. The van der Waals surface area contributed by atoms with E-state index in [0.717, 1.165) is 50.2 Å². The summed E-state index contributed by atoms with van der Waals surface area (Å²) < 4.78 is 2.21. The third-order valence-electron chi connectivity index (χ3n) is 7.59. The number of hydrogen-bond acceptors (Lipinski definition) is 3. The Morgan fingerprint density at radius 1 is 1.03 bits per heavy atom. The van der Waals surface area contributed by atoms with E-state index in [0.29, 0.717) is 5.92 Å². The van der Waals surface area contributed by atoms with E-state index in [1.54, 1.807) is 11.8 Å². The van der Waals surface area contributed by atoms with Gasteiger partial charge in [-0.05, 0) is 87.1 Å². The number of nitrogens with one attached hydrogen (secondary N) is 1. The molecular formula is C30H34ClN3OS. The van der Waals surface area contributed by atoms with Gasteiger partial charge in [0.1, 0.15) is 0 Å². The van der Waals surface area contributed by atoms with Gasteiger partial charge in [-0.3, -0.25) is 4.79 Å². The highest BCUT2D eigenvalue weighted by Gasteiger charge is 2.43. The van der Waals surface area contributed by atoms with Crippen LogP contribution < -0.4 is 5.32 Å². The van der Waals surface area contributed by atoms with E-state index in [1.165, 1.54) is 19.3 Å². The number of thioether (sulfide) groups is 1. The molecule has 5 rings (SSSR count). The summed E-state index contributed by atoms with van der Waals surface area (Å²) in [4.78, 5) is 16.8. The Labute approximate surface area is 223 Å². The second kappa shape index (κ2) is 10.4. The van der Waals surface area contributed by atoms with E-state index in [4.69, 9.17) is 11.6 Å². The smallest absolute Gasteiger partial charge is 0.262 e. The highest BCUT2D eigenvalue weighted by Crippen LogP contribution is 2.42. The van der Waals surface area contributed by atoms with Crippen LogP contribution in [0, 0.1) is 26.7 Å². The lowest BCUT2D eigenvalue weighted by molar-refractivity contribution is -0.129. The number of aromatic nitrogens is 1. The quantitative estimate of drug-likeness (QED) is 0.347. The van der Waals surface area contributed by atoms with Gasteiger partial charge in [-0.15, -0.1) is 0 Å². The molecule has 6 heteroatoms. The monoisotopic (exact) mass is 519 g/mol. The topological polar surface area (TPSA) is 37.3 Å². The summed E-state index contributed by atoms with van der Waals surface area (Å²) in [7, 11) is 0. The summed E-state index contributed by atoms with van der Waals surface area (Å²) in [5.74, 6) is 0.634. The van der Waals surface area contributed by atoms with Crippen LogP contribution in [0.3, 0.4) is 0 Å². The van der Waals surface area contributed by atoms with Crippen molar-refractivity contribution in [2.75, 3.05) is 5.32 Å². The molecular weight excluding hydrogens is 486 g/mol. The highest BCUT2D eigenvalue weighted by molar-refractivity contribution is 8.05. The van der Waals surface area contributed by atoms with Gasteiger partial charge in [0.25, 0.3) is 5.91 Å². The molecule has 1 N–H and O–H groups in total. The average molecular weight is 520 g/mol. The lowest BCUT2D eigenvalue weighted by atomic mass is 9.85. The fraction of sp³-hybridized carbons (Fsp3) is 0.367. The summed E-state index contributed by atoms with van der Waals surface area (Å²) in [6, 6.07) is 18.8. The van der Waals surface area contributed by atoms with E-state index in [1.807, 2.05) is 37.3 Å². The zero-order valence-electron chi connectivity index (χ0n) is 21.4. The first kappa shape index (κ1) is 25.0. The molecule has 1 aromatic heterocycles. The first-order valence-electron chi connectivity index (χ1n) is 12.8. The lowest BCUT2D eigenvalue weighted by Crippen LogP contribution is -2.48. The molecule has 3 aromatic rings. The molecule has 2 aromatic carbocycles. The van der Waals surface area contributed by atoms with Gasteiger partial charge in [0.15, 0.2) is 5.50 Å². The molecule has 4 nitrogen and oxygen atoms in total. The molecule has 1 aliphatic carbocycles. The molecule has 1 unspecified atom stereocenters. The molecule has 2 heterocycles. The van der Waals surface area contributed by atoms with Crippen LogP contribution in [0.1, 0.15) is 55.1 Å². The molecule has 2 fully saturated rings. The summed E-state index contributed by atoms with van der Waals surface area (Å²) in [6.07, 6.45) is 6.75. The summed E-state index contributed by atoms with van der Waals surface area (Å²) >= 11 is 8.06. The number of halogens is 1. The number of anilines is 1. The van der Waals surface area contributed by atoms with Gasteiger partial charge >= 0.3 is 0 Å². The van der Waals surface area contributed by atoms with Gasteiger partial charge < -0.3 is 14.8 Å². The molecule has 1 saturated heterocycles. The van der Waals surface area contributed by atoms with Crippen molar-refractivity contribution in [2.45, 2.75) is 64.9 Å². The number of hydrogen-bond donors (Lipinski definition) is 1. The maximum absolute atomic E-state index is 13.9.